The van der Waals surface area contributed by atoms with Gasteiger partial charge >= 0.3 is 0 Å². The van der Waals surface area contributed by atoms with Crippen LogP contribution in [0, 0.1) is 11.8 Å². The maximum atomic E-state index is 3.44. The molecule has 66 valence electrons. The largest absolute Gasteiger partial charge is 0.315 e. The van der Waals surface area contributed by atoms with E-state index in [2.05, 4.69) is 64.3 Å². The Kier molecular flexibility index (Phi) is 3.90. The van der Waals surface area contributed by atoms with Crippen LogP contribution in [0.1, 0.15) is 20.3 Å². The average Bonchev–Trinajstić information content (AvgIpc) is 1.85. The Morgan fingerprint density at radius 3 is 2.45 bits per heavy atom. The summed E-state index contributed by atoms with van der Waals surface area (Å²) in [5.74, 6) is 1.70. The topological polar surface area (TPSA) is 12.0 Å². The van der Waals surface area contributed by atoms with Gasteiger partial charge in [0.1, 0.15) is 0 Å². The van der Waals surface area contributed by atoms with Crippen molar-refractivity contribution in [3.8, 4) is 0 Å². The SMILES string of the molecule is CC(C)C1CCNCC1(I)I. The third-order valence-corrected chi connectivity index (χ3v) is 4.70. The molecule has 0 aromatic carbocycles. The van der Waals surface area contributed by atoms with Gasteiger partial charge in [0.05, 0.1) is 1.43 Å². The van der Waals surface area contributed by atoms with Crippen LogP contribution in [0.15, 0.2) is 0 Å². The molecule has 0 spiro atoms. The average molecular weight is 379 g/mol. The van der Waals surface area contributed by atoms with E-state index in [1.807, 2.05) is 0 Å². The third kappa shape index (κ3) is 2.69. The summed E-state index contributed by atoms with van der Waals surface area (Å²) in [6.45, 7) is 7.04. The van der Waals surface area contributed by atoms with Gasteiger partial charge in [0.2, 0.25) is 0 Å². The molecule has 0 bridgehead atoms. The Bertz CT molecular complexity index is 134. The van der Waals surface area contributed by atoms with Crippen molar-refractivity contribution in [2.75, 3.05) is 13.1 Å². The first-order chi connectivity index (χ1) is 5.04. The lowest BCUT2D eigenvalue weighted by Gasteiger charge is -2.38. The molecule has 1 unspecified atom stereocenters. The number of hydrogen-bond donors (Lipinski definition) is 1. The summed E-state index contributed by atoms with van der Waals surface area (Å²) in [4.78, 5) is 0. The molecule has 3 heteroatoms. The predicted molar refractivity (Wildman–Crippen MR) is 66.6 cm³/mol. The number of halogens is 2. The second-order valence-corrected chi connectivity index (χ2v) is 9.49. The highest BCUT2D eigenvalue weighted by atomic mass is 127. The van der Waals surface area contributed by atoms with Gasteiger partial charge < -0.3 is 5.32 Å². The van der Waals surface area contributed by atoms with E-state index < -0.39 is 0 Å². The summed E-state index contributed by atoms with van der Waals surface area (Å²) in [7, 11) is 0. The molecule has 1 aliphatic heterocycles. The fourth-order valence-corrected chi connectivity index (χ4v) is 4.28. The van der Waals surface area contributed by atoms with Crippen LogP contribution in [-0.4, -0.2) is 14.5 Å². The molecule has 1 nitrogen and oxygen atoms in total. The van der Waals surface area contributed by atoms with Crippen LogP contribution >= 0.6 is 45.2 Å². The van der Waals surface area contributed by atoms with E-state index >= 15 is 0 Å². The molecule has 0 aliphatic carbocycles. The van der Waals surface area contributed by atoms with E-state index in [1.54, 1.807) is 0 Å². The quantitative estimate of drug-likeness (QED) is 0.546. The first kappa shape index (κ1) is 10.5. The van der Waals surface area contributed by atoms with Crippen LogP contribution in [0.5, 0.6) is 0 Å². The molecule has 1 N–H and O–H groups in total. The summed E-state index contributed by atoms with van der Waals surface area (Å²) < 4.78 is 0.446. The van der Waals surface area contributed by atoms with Crippen LogP contribution in [0.2, 0.25) is 0 Å². The number of nitrogens with one attached hydrogen (secondary N) is 1. The van der Waals surface area contributed by atoms with Crippen molar-refractivity contribution < 1.29 is 0 Å². The van der Waals surface area contributed by atoms with Gasteiger partial charge in [-0.2, -0.15) is 0 Å². The molecule has 0 radical (unpaired) electrons. The highest BCUT2D eigenvalue weighted by Gasteiger charge is 2.37. The standard InChI is InChI=1S/C8H15I2N/c1-6(2)7-3-4-11-5-8(7,9)10/h6-7,11H,3-5H2,1-2H3. The van der Waals surface area contributed by atoms with E-state index in [1.165, 1.54) is 13.0 Å². The van der Waals surface area contributed by atoms with Crippen molar-refractivity contribution in [2.24, 2.45) is 11.8 Å². The summed E-state index contributed by atoms with van der Waals surface area (Å²) in [6.07, 6.45) is 1.34. The summed E-state index contributed by atoms with van der Waals surface area (Å²) in [5.41, 5.74) is 0. The van der Waals surface area contributed by atoms with E-state index in [0.717, 1.165) is 18.4 Å². The van der Waals surface area contributed by atoms with Gasteiger partial charge in [-0.15, -0.1) is 0 Å². The van der Waals surface area contributed by atoms with E-state index in [-0.39, 0.29) is 0 Å². The van der Waals surface area contributed by atoms with Crippen molar-refractivity contribution >= 4 is 45.2 Å². The van der Waals surface area contributed by atoms with Gasteiger partial charge in [-0.05, 0) is 24.8 Å². The van der Waals surface area contributed by atoms with Crippen LogP contribution < -0.4 is 5.32 Å². The smallest absolute Gasteiger partial charge is 0.0888 e. The first-order valence-electron chi connectivity index (χ1n) is 4.12. The monoisotopic (exact) mass is 379 g/mol. The zero-order chi connectivity index (χ0) is 8.48. The molecule has 1 saturated heterocycles. The number of piperidine rings is 1. The molecule has 1 heterocycles. The molecule has 1 fully saturated rings. The lowest BCUT2D eigenvalue weighted by Crippen LogP contribution is -2.45. The van der Waals surface area contributed by atoms with Crippen LogP contribution in [-0.2, 0) is 0 Å². The van der Waals surface area contributed by atoms with Gasteiger partial charge in [-0.3, -0.25) is 0 Å². The van der Waals surface area contributed by atoms with E-state index in [0.29, 0.717) is 1.43 Å². The molecule has 11 heavy (non-hydrogen) atoms. The van der Waals surface area contributed by atoms with Gasteiger partial charge in [0, 0.05) is 6.54 Å². The van der Waals surface area contributed by atoms with Gasteiger partial charge in [-0.1, -0.05) is 59.0 Å². The van der Waals surface area contributed by atoms with Gasteiger partial charge in [0.25, 0.3) is 0 Å². The van der Waals surface area contributed by atoms with Crippen molar-refractivity contribution in [1.82, 2.24) is 5.32 Å². The molecule has 0 aromatic heterocycles. The highest BCUT2D eigenvalue weighted by Crippen LogP contribution is 2.42. The maximum Gasteiger partial charge on any atom is 0.0888 e. The number of hydrogen-bond acceptors (Lipinski definition) is 1. The fourth-order valence-electron chi connectivity index (χ4n) is 1.68. The van der Waals surface area contributed by atoms with Crippen molar-refractivity contribution in [3.05, 3.63) is 0 Å². The Morgan fingerprint density at radius 1 is 1.45 bits per heavy atom. The summed E-state index contributed by atoms with van der Waals surface area (Å²) >= 11 is 5.18. The fraction of sp³-hybridized carbons (Fsp3) is 1.00. The molecular formula is C8H15I2N. The second kappa shape index (κ2) is 4.09. The lowest BCUT2D eigenvalue weighted by atomic mass is 9.87. The minimum atomic E-state index is 0.446. The zero-order valence-corrected chi connectivity index (χ0v) is 11.3. The van der Waals surface area contributed by atoms with Gasteiger partial charge in [0.15, 0.2) is 0 Å². The number of rotatable bonds is 1. The molecule has 1 aliphatic rings. The molecule has 0 aromatic rings. The Hall–Kier alpha value is 1.42. The van der Waals surface area contributed by atoms with Gasteiger partial charge in [-0.25, -0.2) is 0 Å². The predicted octanol–water partition coefficient (Wildman–Crippen LogP) is 2.82. The first-order valence-corrected chi connectivity index (χ1v) is 6.28. The highest BCUT2D eigenvalue weighted by molar-refractivity contribution is 14.2. The molecule has 0 amide bonds. The number of alkyl halides is 2. The zero-order valence-electron chi connectivity index (χ0n) is 7.03. The summed E-state index contributed by atoms with van der Waals surface area (Å²) in [6, 6.07) is 0. The maximum absolute atomic E-state index is 3.44. The Balaban J connectivity index is 2.60. The van der Waals surface area contributed by atoms with Crippen LogP contribution in [0.3, 0.4) is 0 Å². The molecule has 1 rings (SSSR count). The summed E-state index contributed by atoms with van der Waals surface area (Å²) in [5, 5.41) is 3.44. The van der Waals surface area contributed by atoms with E-state index in [4.69, 9.17) is 0 Å². The van der Waals surface area contributed by atoms with Crippen LogP contribution in [0.25, 0.3) is 0 Å². The molecular weight excluding hydrogens is 364 g/mol. The molecule has 0 saturated carbocycles. The minimum absolute atomic E-state index is 0.446. The van der Waals surface area contributed by atoms with Crippen LogP contribution in [0.4, 0.5) is 0 Å². The van der Waals surface area contributed by atoms with Crippen molar-refractivity contribution in [3.63, 3.8) is 0 Å². The van der Waals surface area contributed by atoms with Crippen molar-refractivity contribution in [1.29, 1.82) is 0 Å². The minimum Gasteiger partial charge on any atom is -0.315 e. The Morgan fingerprint density at radius 2 is 2.09 bits per heavy atom. The lowest BCUT2D eigenvalue weighted by molar-refractivity contribution is 0.302. The molecule has 1 atom stereocenters. The Labute approximate surface area is 96.4 Å². The van der Waals surface area contributed by atoms with Crippen molar-refractivity contribution in [2.45, 2.75) is 21.7 Å². The van der Waals surface area contributed by atoms with E-state index in [9.17, 15) is 0 Å². The second-order valence-electron chi connectivity index (χ2n) is 3.58. The normalized spacial score (nSPS) is 30.8. The third-order valence-electron chi connectivity index (χ3n) is 2.34.